The Labute approximate surface area is 110 Å². The zero-order valence-electron chi connectivity index (χ0n) is 10.4. The number of benzene rings is 2. The summed E-state index contributed by atoms with van der Waals surface area (Å²) in [5.74, 6) is 0.327. The molecular weight excluding hydrogens is 244 g/mol. The number of ketones is 1. The van der Waals surface area contributed by atoms with Gasteiger partial charge in [-0.3, -0.25) is 4.79 Å². The molecule has 0 aliphatic carbocycles. The van der Waals surface area contributed by atoms with E-state index >= 15 is 0 Å². The number of rotatable bonds is 4. The van der Waals surface area contributed by atoms with E-state index in [1.807, 2.05) is 0 Å². The number of methoxy groups -OCH3 is 1. The molecule has 0 saturated heterocycles. The van der Waals surface area contributed by atoms with Crippen LogP contribution in [0.2, 0.25) is 0 Å². The molecule has 0 aromatic heterocycles. The highest BCUT2D eigenvalue weighted by Crippen LogP contribution is 2.22. The highest BCUT2D eigenvalue weighted by atomic mass is 16.5. The van der Waals surface area contributed by atoms with E-state index < -0.39 is 11.9 Å². The molecule has 2 rings (SSSR count). The Morgan fingerprint density at radius 1 is 1.05 bits per heavy atom. The van der Waals surface area contributed by atoms with Crippen molar-refractivity contribution in [1.82, 2.24) is 0 Å². The molecule has 1 unspecified atom stereocenters. The van der Waals surface area contributed by atoms with Gasteiger partial charge in [-0.05, 0) is 42.0 Å². The number of phenolic OH excluding ortho intramolecular Hbond substituents is 1. The zero-order chi connectivity index (χ0) is 13.8. The van der Waals surface area contributed by atoms with E-state index in [2.05, 4.69) is 0 Å². The first-order valence-electron chi connectivity index (χ1n) is 5.77. The fourth-order valence-electron chi connectivity index (χ4n) is 1.72. The van der Waals surface area contributed by atoms with Gasteiger partial charge in [-0.1, -0.05) is 12.1 Å². The Morgan fingerprint density at radius 2 is 1.63 bits per heavy atom. The number of aromatic hydroxyl groups is 1. The van der Waals surface area contributed by atoms with E-state index in [0.717, 1.165) is 0 Å². The second kappa shape index (κ2) is 5.54. The lowest BCUT2D eigenvalue weighted by atomic mass is 10.00. The van der Waals surface area contributed by atoms with Gasteiger partial charge in [-0.15, -0.1) is 0 Å². The summed E-state index contributed by atoms with van der Waals surface area (Å²) in [6, 6.07) is 12.4. The van der Waals surface area contributed by atoms with Crippen molar-refractivity contribution in [1.29, 1.82) is 0 Å². The summed E-state index contributed by atoms with van der Waals surface area (Å²) in [6.45, 7) is 0. The number of aliphatic hydroxyl groups is 1. The van der Waals surface area contributed by atoms with Gasteiger partial charge in [0.15, 0.2) is 5.78 Å². The Kier molecular flexibility index (Phi) is 3.82. The average Bonchev–Trinajstić information content (AvgIpc) is 2.46. The summed E-state index contributed by atoms with van der Waals surface area (Å²) < 4.78 is 5.01. The van der Waals surface area contributed by atoms with Crippen LogP contribution in [0.3, 0.4) is 0 Å². The molecule has 0 fully saturated rings. The number of Topliss-reactive ketones (excluding diaryl/α,β-unsaturated/α-hetero) is 1. The molecule has 4 nitrogen and oxygen atoms in total. The summed E-state index contributed by atoms with van der Waals surface area (Å²) >= 11 is 0. The summed E-state index contributed by atoms with van der Waals surface area (Å²) in [4.78, 5) is 12.0. The lowest BCUT2D eigenvalue weighted by Gasteiger charge is -2.10. The first kappa shape index (κ1) is 13.1. The maximum Gasteiger partial charge on any atom is 0.195 e. The van der Waals surface area contributed by atoms with E-state index in [0.29, 0.717) is 16.9 Å². The molecule has 1 atom stereocenters. The van der Waals surface area contributed by atoms with Crippen molar-refractivity contribution in [2.75, 3.05) is 7.11 Å². The molecule has 0 amide bonds. The monoisotopic (exact) mass is 258 g/mol. The summed E-state index contributed by atoms with van der Waals surface area (Å²) in [6.07, 6.45) is -1.23. The number of aliphatic hydroxyl groups excluding tert-OH is 1. The van der Waals surface area contributed by atoms with Crippen molar-refractivity contribution in [2.24, 2.45) is 0 Å². The minimum absolute atomic E-state index is 0.0792. The molecule has 0 heterocycles. The Hall–Kier alpha value is -2.33. The first-order chi connectivity index (χ1) is 9.11. The number of carbonyl (C=O) groups is 1. The minimum atomic E-state index is -1.23. The summed E-state index contributed by atoms with van der Waals surface area (Å²) in [5.41, 5.74) is 0.847. The third kappa shape index (κ3) is 2.92. The fraction of sp³-hybridized carbons (Fsp3) is 0.133. The summed E-state index contributed by atoms with van der Waals surface area (Å²) in [7, 11) is 1.55. The van der Waals surface area contributed by atoms with Crippen molar-refractivity contribution in [3.05, 3.63) is 59.7 Å². The van der Waals surface area contributed by atoms with Crippen LogP contribution < -0.4 is 4.74 Å². The molecule has 0 spiro atoms. The van der Waals surface area contributed by atoms with E-state index in [4.69, 9.17) is 9.84 Å². The van der Waals surface area contributed by atoms with Crippen LogP contribution in [0.5, 0.6) is 11.5 Å². The number of hydrogen-bond acceptors (Lipinski definition) is 4. The van der Waals surface area contributed by atoms with Crippen LogP contribution in [0, 0.1) is 0 Å². The van der Waals surface area contributed by atoms with Crippen molar-refractivity contribution in [2.45, 2.75) is 6.10 Å². The third-order valence-corrected chi connectivity index (χ3v) is 2.83. The van der Waals surface area contributed by atoms with Crippen LogP contribution in [0.25, 0.3) is 0 Å². The van der Waals surface area contributed by atoms with Crippen LogP contribution in [-0.2, 0) is 0 Å². The lowest BCUT2D eigenvalue weighted by Crippen LogP contribution is -2.12. The molecule has 0 aliphatic rings. The molecule has 0 aliphatic heterocycles. The van der Waals surface area contributed by atoms with Gasteiger partial charge in [-0.25, -0.2) is 0 Å². The van der Waals surface area contributed by atoms with Crippen LogP contribution in [-0.4, -0.2) is 23.1 Å². The molecule has 2 N–H and O–H groups in total. The molecule has 2 aromatic carbocycles. The maximum absolute atomic E-state index is 12.0. The molecule has 98 valence electrons. The second-order valence-electron chi connectivity index (χ2n) is 4.09. The number of phenols is 1. The predicted octanol–water partition coefficient (Wildman–Crippen LogP) is 2.32. The van der Waals surface area contributed by atoms with Gasteiger partial charge in [0.1, 0.15) is 17.6 Å². The highest BCUT2D eigenvalue weighted by molar-refractivity contribution is 5.99. The quantitative estimate of drug-likeness (QED) is 0.826. The lowest BCUT2D eigenvalue weighted by molar-refractivity contribution is 0.0747. The highest BCUT2D eigenvalue weighted by Gasteiger charge is 2.19. The molecule has 2 aromatic rings. The third-order valence-electron chi connectivity index (χ3n) is 2.83. The Balaban J connectivity index is 2.20. The molecular formula is C15H14O4. The largest absolute Gasteiger partial charge is 0.508 e. The summed E-state index contributed by atoms with van der Waals surface area (Å²) in [5, 5.41) is 19.2. The second-order valence-corrected chi connectivity index (χ2v) is 4.09. The Morgan fingerprint density at radius 3 is 2.16 bits per heavy atom. The smallest absolute Gasteiger partial charge is 0.195 e. The maximum atomic E-state index is 12.0. The molecule has 0 saturated carbocycles. The first-order valence-corrected chi connectivity index (χ1v) is 5.77. The van der Waals surface area contributed by atoms with Gasteiger partial charge in [0.05, 0.1) is 7.11 Å². The topological polar surface area (TPSA) is 66.8 Å². The van der Waals surface area contributed by atoms with Gasteiger partial charge in [0.25, 0.3) is 0 Å². The van der Waals surface area contributed by atoms with Gasteiger partial charge >= 0.3 is 0 Å². The van der Waals surface area contributed by atoms with E-state index in [-0.39, 0.29) is 5.75 Å². The van der Waals surface area contributed by atoms with E-state index in [1.165, 1.54) is 24.3 Å². The normalized spacial score (nSPS) is 11.9. The van der Waals surface area contributed by atoms with Crippen molar-refractivity contribution in [3.63, 3.8) is 0 Å². The molecule has 0 bridgehead atoms. The van der Waals surface area contributed by atoms with Gasteiger partial charge < -0.3 is 14.9 Å². The standard InChI is InChI=1S/C15H14O4/c1-19-13-8-4-11(5-9-13)15(18)14(17)10-2-6-12(16)7-3-10/h2-9,15-16,18H,1H3. The minimum Gasteiger partial charge on any atom is -0.508 e. The van der Waals surface area contributed by atoms with Crippen LogP contribution in [0.1, 0.15) is 22.0 Å². The Bertz CT molecular complexity index is 558. The van der Waals surface area contributed by atoms with Crippen LogP contribution >= 0.6 is 0 Å². The fourth-order valence-corrected chi connectivity index (χ4v) is 1.72. The van der Waals surface area contributed by atoms with Crippen molar-refractivity contribution >= 4 is 5.78 Å². The van der Waals surface area contributed by atoms with Gasteiger partial charge in [-0.2, -0.15) is 0 Å². The number of carbonyl (C=O) groups excluding carboxylic acids is 1. The van der Waals surface area contributed by atoms with E-state index in [1.54, 1.807) is 31.4 Å². The zero-order valence-corrected chi connectivity index (χ0v) is 10.4. The molecule has 4 heteroatoms. The van der Waals surface area contributed by atoms with Crippen molar-refractivity contribution < 1.29 is 19.7 Å². The van der Waals surface area contributed by atoms with Gasteiger partial charge in [0.2, 0.25) is 0 Å². The SMILES string of the molecule is COc1ccc(C(O)C(=O)c2ccc(O)cc2)cc1. The van der Waals surface area contributed by atoms with Crippen molar-refractivity contribution in [3.8, 4) is 11.5 Å². The molecule has 19 heavy (non-hydrogen) atoms. The number of hydrogen-bond donors (Lipinski definition) is 2. The van der Waals surface area contributed by atoms with Gasteiger partial charge in [0, 0.05) is 5.56 Å². The number of ether oxygens (including phenoxy) is 1. The predicted molar refractivity (Wildman–Crippen MR) is 70.4 cm³/mol. The average molecular weight is 258 g/mol. The molecule has 0 radical (unpaired) electrons. The van der Waals surface area contributed by atoms with Crippen LogP contribution in [0.4, 0.5) is 0 Å². The van der Waals surface area contributed by atoms with Crippen LogP contribution in [0.15, 0.2) is 48.5 Å². The van der Waals surface area contributed by atoms with E-state index in [9.17, 15) is 9.90 Å².